The van der Waals surface area contributed by atoms with Gasteiger partial charge in [0.2, 0.25) is 0 Å². The minimum Gasteiger partial charge on any atom is -0.380 e. The highest BCUT2D eigenvalue weighted by atomic mass is 32.1. The minimum absolute atomic E-state index is 0.337. The predicted molar refractivity (Wildman–Crippen MR) is 50.5 cm³/mol. The Kier molecular flexibility index (Phi) is 7.51. The molecule has 3 N–H and O–H groups in total. The fraction of sp³-hybridized carbons (Fsp3) is 0.857. The third-order valence-electron chi connectivity index (χ3n) is 1.19. The van der Waals surface area contributed by atoms with Crippen LogP contribution in [0.4, 0.5) is 0 Å². The van der Waals surface area contributed by atoms with E-state index in [1.54, 1.807) is 0 Å². The maximum absolute atomic E-state index is 5.25. The van der Waals surface area contributed by atoms with Crippen molar-refractivity contribution in [2.75, 3.05) is 19.8 Å². The zero-order chi connectivity index (χ0) is 8.53. The first kappa shape index (κ1) is 10.7. The Bertz CT molecular complexity index is 109. The number of hydrogen-bond acceptors (Lipinski definition) is 2. The average Bonchev–Trinajstić information content (AvgIpc) is 1.96. The van der Waals surface area contributed by atoms with E-state index in [4.69, 9.17) is 10.5 Å². The number of unbranched alkanes of at least 4 members (excludes halogenated alkanes) is 1. The van der Waals surface area contributed by atoms with Gasteiger partial charge in [-0.3, -0.25) is 0 Å². The maximum Gasteiger partial charge on any atom is 0.163 e. The number of ether oxygens (including phenoxy) is 1. The maximum atomic E-state index is 5.25. The Morgan fingerprint density at radius 1 is 1.55 bits per heavy atom. The second kappa shape index (κ2) is 7.75. The zero-order valence-corrected chi connectivity index (χ0v) is 7.75. The molecule has 0 bridgehead atoms. The number of thiocarbonyl (C=S) groups is 1. The van der Waals surface area contributed by atoms with Gasteiger partial charge < -0.3 is 15.8 Å². The van der Waals surface area contributed by atoms with E-state index in [0.29, 0.717) is 18.3 Å². The van der Waals surface area contributed by atoms with Crippen LogP contribution in [-0.2, 0) is 4.74 Å². The molecule has 0 spiro atoms. The van der Waals surface area contributed by atoms with Crippen molar-refractivity contribution in [1.82, 2.24) is 5.32 Å². The molecule has 0 fully saturated rings. The van der Waals surface area contributed by atoms with Crippen LogP contribution in [-0.4, -0.2) is 24.9 Å². The van der Waals surface area contributed by atoms with Gasteiger partial charge in [-0.25, -0.2) is 0 Å². The van der Waals surface area contributed by atoms with Crippen molar-refractivity contribution in [3.05, 3.63) is 0 Å². The first-order chi connectivity index (χ1) is 5.27. The van der Waals surface area contributed by atoms with Gasteiger partial charge >= 0.3 is 0 Å². The van der Waals surface area contributed by atoms with Gasteiger partial charge in [-0.15, -0.1) is 0 Å². The summed E-state index contributed by atoms with van der Waals surface area (Å²) >= 11 is 4.61. The van der Waals surface area contributed by atoms with Crippen molar-refractivity contribution in [2.24, 2.45) is 5.73 Å². The van der Waals surface area contributed by atoms with E-state index in [-0.39, 0.29) is 0 Å². The molecule has 0 aromatic heterocycles. The molecule has 0 saturated heterocycles. The molecule has 0 aliphatic carbocycles. The highest BCUT2D eigenvalue weighted by molar-refractivity contribution is 7.80. The summed E-state index contributed by atoms with van der Waals surface area (Å²) in [6, 6.07) is 0. The van der Waals surface area contributed by atoms with Crippen LogP contribution < -0.4 is 11.1 Å². The van der Waals surface area contributed by atoms with E-state index in [1.807, 2.05) is 0 Å². The summed E-state index contributed by atoms with van der Waals surface area (Å²) in [6.45, 7) is 4.35. The Morgan fingerprint density at radius 2 is 2.27 bits per heavy atom. The van der Waals surface area contributed by atoms with Crippen molar-refractivity contribution in [3.8, 4) is 0 Å². The summed E-state index contributed by atoms with van der Waals surface area (Å²) in [4.78, 5) is 0. The molecule has 4 heteroatoms. The van der Waals surface area contributed by atoms with Crippen LogP contribution in [0, 0.1) is 0 Å². The van der Waals surface area contributed by atoms with Crippen molar-refractivity contribution in [3.63, 3.8) is 0 Å². The van der Waals surface area contributed by atoms with Gasteiger partial charge in [-0.2, -0.15) is 0 Å². The first-order valence-electron chi connectivity index (χ1n) is 3.88. The lowest BCUT2D eigenvalue weighted by Gasteiger charge is -2.04. The largest absolute Gasteiger partial charge is 0.380 e. The molecule has 11 heavy (non-hydrogen) atoms. The highest BCUT2D eigenvalue weighted by Gasteiger charge is 1.87. The standard InChI is InChI=1S/C7H16N2OS/c1-2-3-5-10-6-4-9-7(8)11/h2-6H2,1H3,(H3,8,9,11). The van der Waals surface area contributed by atoms with Crippen molar-refractivity contribution in [1.29, 1.82) is 0 Å². The molecule has 0 aliphatic heterocycles. The Balaban J connectivity index is 2.85. The summed E-state index contributed by atoms with van der Waals surface area (Å²) in [5.41, 5.74) is 5.20. The van der Waals surface area contributed by atoms with Gasteiger partial charge in [-0.1, -0.05) is 13.3 Å². The molecule has 3 nitrogen and oxygen atoms in total. The summed E-state index contributed by atoms with van der Waals surface area (Å²) in [6.07, 6.45) is 2.29. The molecule has 0 aromatic carbocycles. The normalized spacial score (nSPS) is 9.55. The summed E-state index contributed by atoms with van der Waals surface area (Å²) in [7, 11) is 0. The molecule has 0 amide bonds. The monoisotopic (exact) mass is 176 g/mol. The van der Waals surface area contributed by atoms with Gasteiger partial charge in [0.25, 0.3) is 0 Å². The van der Waals surface area contributed by atoms with E-state index in [9.17, 15) is 0 Å². The summed E-state index contributed by atoms with van der Waals surface area (Å²) in [5.74, 6) is 0. The van der Waals surface area contributed by atoms with Crippen LogP contribution in [0.1, 0.15) is 19.8 Å². The third-order valence-corrected chi connectivity index (χ3v) is 1.33. The van der Waals surface area contributed by atoms with Gasteiger partial charge in [0.1, 0.15) is 0 Å². The summed E-state index contributed by atoms with van der Waals surface area (Å²) in [5, 5.41) is 3.14. The lowest BCUT2D eigenvalue weighted by Crippen LogP contribution is -2.31. The second-order valence-electron chi connectivity index (χ2n) is 2.26. The lowest BCUT2D eigenvalue weighted by atomic mass is 10.4. The van der Waals surface area contributed by atoms with E-state index in [0.717, 1.165) is 13.0 Å². The molecule has 0 saturated carbocycles. The van der Waals surface area contributed by atoms with Crippen LogP contribution in [0.2, 0.25) is 0 Å². The number of nitrogens with two attached hydrogens (primary N) is 1. The molecule has 0 rings (SSSR count). The number of hydrogen-bond donors (Lipinski definition) is 2. The van der Waals surface area contributed by atoms with Gasteiger partial charge in [0.05, 0.1) is 6.61 Å². The van der Waals surface area contributed by atoms with Gasteiger partial charge in [-0.05, 0) is 18.6 Å². The van der Waals surface area contributed by atoms with Crippen molar-refractivity contribution in [2.45, 2.75) is 19.8 Å². The minimum atomic E-state index is 0.337. The van der Waals surface area contributed by atoms with Crippen LogP contribution in [0.15, 0.2) is 0 Å². The molecular formula is C7H16N2OS. The Morgan fingerprint density at radius 3 is 2.82 bits per heavy atom. The van der Waals surface area contributed by atoms with E-state index in [1.165, 1.54) is 6.42 Å². The molecule has 0 aliphatic rings. The molecule has 0 aromatic rings. The van der Waals surface area contributed by atoms with Crippen LogP contribution >= 0.6 is 12.2 Å². The average molecular weight is 176 g/mol. The Hall–Kier alpha value is -0.350. The third kappa shape index (κ3) is 9.65. The van der Waals surface area contributed by atoms with E-state index >= 15 is 0 Å². The van der Waals surface area contributed by atoms with Gasteiger partial charge in [0, 0.05) is 13.2 Å². The quantitative estimate of drug-likeness (QED) is 0.460. The van der Waals surface area contributed by atoms with E-state index in [2.05, 4.69) is 24.5 Å². The second-order valence-corrected chi connectivity index (χ2v) is 2.70. The SMILES string of the molecule is CCCCOCCNC(N)=S. The van der Waals surface area contributed by atoms with Crippen molar-refractivity contribution < 1.29 is 4.74 Å². The zero-order valence-electron chi connectivity index (χ0n) is 6.93. The lowest BCUT2D eigenvalue weighted by molar-refractivity contribution is 0.136. The summed E-state index contributed by atoms with van der Waals surface area (Å²) < 4.78 is 5.25. The fourth-order valence-electron chi connectivity index (χ4n) is 0.595. The predicted octanol–water partition coefficient (Wildman–Crippen LogP) is 0.636. The number of rotatable bonds is 6. The van der Waals surface area contributed by atoms with E-state index < -0.39 is 0 Å². The molecular weight excluding hydrogens is 160 g/mol. The molecule has 0 radical (unpaired) electrons. The molecule has 0 atom stereocenters. The van der Waals surface area contributed by atoms with Crippen molar-refractivity contribution >= 4 is 17.3 Å². The van der Waals surface area contributed by atoms with Crippen LogP contribution in [0.3, 0.4) is 0 Å². The topological polar surface area (TPSA) is 47.3 Å². The smallest absolute Gasteiger partial charge is 0.163 e. The molecule has 66 valence electrons. The molecule has 0 heterocycles. The van der Waals surface area contributed by atoms with Gasteiger partial charge in [0.15, 0.2) is 5.11 Å². The number of nitrogens with one attached hydrogen (secondary N) is 1. The van der Waals surface area contributed by atoms with Crippen LogP contribution in [0.25, 0.3) is 0 Å². The molecule has 0 unspecified atom stereocenters. The Labute approximate surface area is 73.3 Å². The highest BCUT2D eigenvalue weighted by Crippen LogP contribution is 1.86. The fourth-order valence-corrected chi connectivity index (χ4v) is 0.697. The first-order valence-corrected chi connectivity index (χ1v) is 4.29. The van der Waals surface area contributed by atoms with Crippen LogP contribution in [0.5, 0.6) is 0 Å².